The molecular weight excluding hydrogens is 397 g/mol. The minimum absolute atomic E-state index is 0.0532. The number of tetrazole rings is 1. The van der Waals surface area contributed by atoms with Crippen molar-refractivity contribution in [2.24, 2.45) is 0 Å². The lowest BCUT2D eigenvalue weighted by Gasteiger charge is -2.24. The predicted octanol–water partition coefficient (Wildman–Crippen LogP) is 3.48. The Balaban J connectivity index is 1.48. The van der Waals surface area contributed by atoms with Crippen LogP contribution in [-0.4, -0.2) is 49.1 Å². The summed E-state index contributed by atoms with van der Waals surface area (Å²) in [5.41, 5.74) is 2.47. The van der Waals surface area contributed by atoms with Gasteiger partial charge < -0.3 is 4.90 Å². The summed E-state index contributed by atoms with van der Waals surface area (Å²) in [5.74, 6) is 0.645. The second kappa shape index (κ2) is 8.32. The number of carbonyl (C=O) groups is 1. The minimum atomic E-state index is -0.290. The molecule has 144 valence electrons. The molecule has 0 bridgehead atoms. The second-order valence-corrected chi connectivity index (χ2v) is 8.41. The lowest BCUT2D eigenvalue weighted by Crippen LogP contribution is -2.32. The molecular formula is C19H18FN5OS2. The first-order valence-electron chi connectivity index (χ1n) is 8.78. The number of aromatic nitrogens is 4. The van der Waals surface area contributed by atoms with Crippen LogP contribution in [0.2, 0.25) is 0 Å². The van der Waals surface area contributed by atoms with Crippen molar-refractivity contribution in [1.29, 1.82) is 0 Å². The molecule has 0 N–H and O–H groups in total. The number of benzene rings is 2. The van der Waals surface area contributed by atoms with Crippen molar-refractivity contribution in [3.63, 3.8) is 0 Å². The molecule has 3 aromatic rings. The molecule has 9 heteroatoms. The molecule has 0 radical (unpaired) electrons. The van der Waals surface area contributed by atoms with Gasteiger partial charge in [0.2, 0.25) is 11.1 Å². The van der Waals surface area contributed by atoms with Gasteiger partial charge in [0.05, 0.1) is 11.4 Å². The Morgan fingerprint density at radius 1 is 1.25 bits per heavy atom. The number of thioether (sulfide) groups is 2. The van der Waals surface area contributed by atoms with Crippen molar-refractivity contribution in [2.75, 3.05) is 18.1 Å². The largest absolute Gasteiger partial charge is 0.325 e. The highest BCUT2D eigenvalue weighted by atomic mass is 32.2. The van der Waals surface area contributed by atoms with E-state index < -0.39 is 0 Å². The fourth-order valence-electron chi connectivity index (χ4n) is 3.09. The number of carbonyl (C=O) groups excluding carboxylic acids is 1. The van der Waals surface area contributed by atoms with E-state index in [4.69, 9.17) is 0 Å². The quantitative estimate of drug-likeness (QED) is 0.595. The monoisotopic (exact) mass is 415 g/mol. The van der Waals surface area contributed by atoms with E-state index >= 15 is 0 Å². The second-order valence-electron chi connectivity index (χ2n) is 6.28. The number of hydrogen-bond donors (Lipinski definition) is 0. The molecule has 0 saturated carbocycles. The predicted molar refractivity (Wildman–Crippen MR) is 108 cm³/mol. The van der Waals surface area contributed by atoms with E-state index in [2.05, 4.69) is 15.5 Å². The molecule has 1 aliphatic heterocycles. The fraction of sp³-hybridized carbons (Fsp3) is 0.263. The van der Waals surface area contributed by atoms with Crippen molar-refractivity contribution in [2.45, 2.75) is 17.5 Å². The number of rotatable bonds is 5. The van der Waals surface area contributed by atoms with Gasteiger partial charge in [0.1, 0.15) is 11.2 Å². The molecule has 1 atom stereocenters. The normalized spacial score (nSPS) is 16.5. The summed E-state index contributed by atoms with van der Waals surface area (Å²) < 4.78 is 15.8. The molecule has 2 heterocycles. The zero-order chi connectivity index (χ0) is 19.5. The molecule has 1 amide bonds. The van der Waals surface area contributed by atoms with Crippen LogP contribution in [0.4, 0.5) is 4.39 Å². The Labute approximate surface area is 170 Å². The fourth-order valence-corrected chi connectivity index (χ4v) is 5.16. The van der Waals surface area contributed by atoms with Gasteiger partial charge in [-0.1, -0.05) is 48.2 Å². The van der Waals surface area contributed by atoms with Gasteiger partial charge in [0.15, 0.2) is 0 Å². The molecule has 0 spiro atoms. The average molecular weight is 416 g/mol. The van der Waals surface area contributed by atoms with Gasteiger partial charge in [0, 0.05) is 17.9 Å². The molecule has 1 fully saturated rings. The highest BCUT2D eigenvalue weighted by molar-refractivity contribution is 8.00. The van der Waals surface area contributed by atoms with Crippen LogP contribution >= 0.6 is 23.5 Å². The summed E-state index contributed by atoms with van der Waals surface area (Å²) in [6.45, 7) is 2.59. The zero-order valence-electron chi connectivity index (χ0n) is 15.2. The van der Waals surface area contributed by atoms with Crippen LogP contribution in [-0.2, 0) is 4.79 Å². The molecule has 2 aromatic carbocycles. The van der Waals surface area contributed by atoms with Crippen LogP contribution in [0.15, 0.2) is 53.7 Å². The van der Waals surface area contributed by atoms with Gasteiger partial charge in [-0.15, -0.1) is 16.9 Å². The van der Waals surface area contributed by atoms with Crippen LogP contribution in [0.5, 0.6) is 0 Å². The van der Waals surface area contributed by atoms with Crippen molar-refractivity contribution in [1.82, 2.24) is 25.1 Å². The lowest BCUT2D eigenvalue weighted by atomic mass is 10.2. The third kappa shape index (κ3) is 3.77. The molecule has 1 aliphatic rings. The SMILES string of the molecule is Cc1ccccc1-n1nnnc1SCC(=O)N1CCS[C@H]1c1ccccc1F. The third-order valence-corrected chi connectivity index (χ3v) is 6.64. The van der Waals surface area contributed by atoms with Crippen molar-refractivity contribution < 1.29 is 9.18 Å². The Morgan fingerprint density at radius 3 is 2.86 bits per heavy atom. The van der Waals surface area contributed by atoms with Gasteiger partial charge >= 0.3 is 0 Å². The number of amides is 1. The summed E-state index contributed by atoms with van der Waals surface area (Å²) in [6.07, 6.45) is 0. The van der Waals surface area contributed by atoms with E-state index in [1.165, 1.54) is 17.8 Å². The first-order chi connectivity index (χ1) is 13.6. The van der Waals surface area contributed by atoms with E-state index in [0.29, 0.717) is 17.3 Å². The summed E-state index contributed by atoms with van der Waals surface area (Å²) in [4.78, 5) is 14.6. The number of halogens is 1. The van der Waals surface area contributed by atoms with Gasteiger partial charge in [-0.25, -0.2) is 4.39 Å². The Bertz CT molecular complexity index is 996. The molecule has 4 rings (SSSR count). The number of para-hydroxylation sites is 1. The highest BCUT2D eigenvalue weighted by Gasteiger charge is 2.32. The minimum Gasteiger partial charge on any atom is -0.325 e. The zero-order valence-corrected chi connectivity index (χ0v) is 16.8. The van der Waals surface area contributed by atoms with Gasteiger partial charge in [-0.05, 0) is 35.0 Å². The van der Waals surface area contributed by atoms with E-state index in [1.54, 1.807) is 39.5 Å². The van der Waals surface area contributed by atoms with Crippen LogP contribution in [0, 0.1) is 12.7 Å². The van der Waals surface area contributed by atoms with E-state index in [9.17, 15) is 9.18 Å². The molecule has 1 saturated heterocycles. The van der Waals surface area contributed by atoms with E-state index in [0.717, 1.165) is 17.0 Å². The third-order valence-electron chi connectivity index (χ3n) is 4.49. The van der Waals surface area contributed by atoms with Crippen LogP contribution in [0.3, 0.4) is 0 Å². The lowest BCUT2D eigenvalue weighted by molar-refractivity contribution is -0.128. The molecule has 0 aliphatic carbocycles. The number of aryl methyl sites for hydroxylation is 1. The summed E-state index contributed by atoms with van der Waals surface area (Å²) in [5, 5.41) is 12.1. The smallest absolute Gasteiger partial charge is 0.234 e. The summed E-state index contributed by atoms with van der Waals surface area (Å²) in [7, 11) is 0. The Morgan fingerprint density at radius 2 is 2.04 bits per heavy atom. The standard InChI is InChI=1S/C19H18FN5OS2/c1-13-6-2-5-9-16(13)25-19(21-22-23-25)28-12-17(26)24-10-11-27-18(24)14-7-3-4-8-15(14)20/h2-9,18H,10-12H2,1H3/t18-/m0/s1. The van der Waals surface area contributed by atoms with Crippen LogP contribution in [0.1, 0.15) is 16.5 Å². The Kier molecular flexibility index (Phi) is 5.63. The van der Waals surface area contributed by atoms with Gasteiger partial charge in [-0.2, -0.15) is 4.68 Å². The van der Waals surface area contributed by atoms with Gasteiger partial charge in [-0.3, -0.25) is 4.79 Å². The first kappa shape index (κ1) is 18.9. The maximum Gasteiger partial charge on any atom is 0.234 e. The molecule has 6 nitrogen and oxygen atoms in total. The first-order valence-corrected chi connectivity index (χ1v) is 10.8. The number of nitrogens with zero attached hydrogens (tertiary/aromatic N) is 5. The average Bonchev–Trinajstić information content (AvgIpc) is 3.36. The van der Waals surface area contributed by atoms with Crippen molar-refractivity contribution in [3.8, 4) is 5.69 Å². The summed E-state index contributed by atoms with van der Waals surface area (Å²) >= 11 is 2.87. The van der Waals surface area contributed by atoms with Crippen LogP contribution in [0.25, 0.3) is 5.69 Å². The topological polar surface area (TPSA) is 63.9 Å². The molecule has 1 aromatic heterocycles. The van der Waals surface area contributed by atoms with E-state index in [-0.39, 0.29) is 22.9 Å². The van der Waals surface area contributed by atoms with E-state index in [1.807, 2.05) is 31.2 Å². The van der Waals surface area contributed by atoms with Crippen molar-refractivity contribution >= 4 is 29.4 Å². The van der Waals surface area contributed by atoms with Crippen LogP contribution < -0.4 is 0 Å². The van der Waals surface area contributed by atoms with Crippen molar-refractivity contribution in [3.05, 3.63) is 65.5 Å². The maximum atomic E-state index is 14.2. The highest BCUT2D eigenvalue weighted by Crippen LogP contribution is 2.39. The van der Waals surface area contributed by atoms with Gasteiger partial charge in [0.25, 0.3) is 0 Å². The molecule has 28 heavy (non-hydrogen) atoms. The number of hydrogen-bond acceptors (Lipinski definition) is 6. The molecule has 0 unspecified atom stereocenters. The Hall–Kier alpha value is -2.39. The summed E-state index contributed by atoms with van der Waals surface area (Å²) in [6, 6.07) is 14.4. The maximum absolute atomic E-state index is 14.2.